The first kappa shape index (κ1) is 22.8. The number of nitrogens with zero attached hydrogens (tertiary/aromatic N) is 2. The van der Waals surface area contributed by atoms with Crippen molar-refractivity contribution in [3.05, 3.63) is 58.4 Å². The fourth-order valence-corrected chi connectivity index (χ4v) is 3.27. The molecule has 0 radical (unpaired) electrons. The lowest BCUT2D eigenvalue weighted by atomic mass is 9.95. The first-order valence-electron chi connectivity index (χ1n) is 9.84. The number of nitrogens with one attached hydrogen (secondary N) is 2. The summed E-state index contributed by atoms with van der Waals surface area (Å²) >= 11 is 0. The number of carbonyl (C=O) groups is 1. The van der Waals surface area contributed by atoms with Crippen molar-refractivity contribution in [3.63, 3.8) is 0 Å². The van der Waals surface area contributed by atoms with Crippen LogP contribution in [-0.4, -0.2) is 22.4 Å². The highest BCUT2D eigenvalue weighted by Gasteiger charge is 2.15. The average Bonchev–Trinajstić information content (AvgIpc) is 2.68. The van der Waals surface area contributed by atoms with Gasteiger partial charge >= 0.3 is 0 Å². The van der Waals surface area contributed by atoms with E-state index in [1.54, 1.807) is 6.20 Å². The van der Waals surface area contributed by atoms with E-state index in [2.05, 4.69) is 30.9 Å². The number of benzene rings is 1. The van der Waals surface area contributed by atoms with Gasteiger partial charge in [-0.05, 0) is 69.6 Å². The van der Waals surface area contributed by atoms with E-state index < -0.39 is 0 Å². The number of amides is 1. The number of anilines is 2. The minimum absolute atomic E-state index is 0.0385. The minimum atomic E-state index is -0.0385. The third-order valence-electron chi connectivity index (χ3n) is 4.73. The summed E-state index contributed by atoms with van der Waals surface area (Å²) in [5, 5.41) is 7.35. The monoisotopic (exact) mass is 410 g/mol. The van der Waals surface area contributed by atoms with E-state index in [9.17, 15) is 4.79 Å². The minimum Gasteiger partial charge on any atom is -0.352 e. The van der Waals surface area contributed by atoms with E-state index in [0.29, 0.717) is 18.1 Å². The SMILES string of the molecule is CCCNC(=O)/C(C)=C(\C)C(=C(C)C)c1ccnc(Nc2cc(P)ccc2C)n1. The van der Waals surface area contributed by atoms with Gasteiger partial charge in [0.2, 0.25) is 11.9 Å². The molecule has 1 aromatic heterocycles. The molecule has 1 heterocycles. The molecule has 2 aromatic rings. The van der Waals surface area contributed by atoms with Crippen LogP contribution in [0.15, 0.2) is 47.2 Å². The van der Waals surface area contributed by atoms with Crippen molar-refractivity contribution in [1.29, 1.82) is 0 Å². The van der Waals surface area contributed by atoms with Crippen LogP contribution in [-0.2, 0) is 4.79 Å². The summed E-state index contributed by atoms with van der Waals surface area (Å²) in [4.78, 5) is 21.6. The zero-order valence-corrected chi connectivity index (χ0v) is 19.3. The van der Waals surface area contributed by atoms with Crippen molar-refractivity contribution >= 4 is 37.7 Å². The van der Waals surface area contributed by atoms with E-state index in [1.807, 2.05) is 59.7 Å². The van der Waals surface area contributed by atoms with Crippen molar-refractivity contribution in [2.45, 2.75) is 48.0 Å². The van der Waals surface area contributed by atoms with Gasteiger partial charge < -0.3 is 10.6 Å². The van der Waals surface area contributed by atoms with E-state index >= 15 is 0 Å². The summed E-state index contributed by atoms with van der Waals surface area (Å²) in [5.41, 5.74) is 6.57. The van der Waals surface area contributed by atoms with Gasteiger partial charge in [0.1, 0.15) is 0 Å². The third kappa shape index (κ3) is 5.98. The number of aryl methyl sites for hydroxylation is 1. The molecule has 5 nitrogen and oxygen atoms in total. The van der Waals surface area contributed by atoms with Crippen molar-refractivity contribution in [2.75, 3.05) is 11.9 Å². The van der Waals surface area contributed by atoms with Gasteiger partial charge in [-0.3, -0.25) is 4.79 Å². The molecule has 0 spiro atoms. The fourth-order valence-electron chi connectivity index (χ4n) is 3.01. The zero-order chi connectivity index (χ0) is 21.6. The normalized spacial score (nSPS) is 11.6. The van der Waals surface area contributed by atoms with Crippen LogP contribution < -0.4 is 15.9 Å². The van der Waals surface area contributed by atoms with Gasteiger partial charge in [0.25, 0.3) is 0 Å². The number of aromatic nitrogens is 2. The lowest BCUT2D eigenvalue weighted by molar-refractivity contribution is -0.117. The number of allylic oxidation sites excluding steroid dienone is 3. The number of hydrogen-bond acceptors (Lipinski definition) is 4. The molecule has 0 aliphatic rings. The quantitative estimate of drug-likeness (QED) is 0.395. The molecule has 1 atom stereocenters. The Balaban J connectivity index is 2.40. The molecular weight excluding hydrogens is 379 g/mol. The largest absolute Gasteiger partial charge is 0.352 e. The highest BCUT2D eigenvalue weighted by Crippen LogP contribution is 2.28. The lowest BCUT2D eigenvalue weighted by Gasteiger charge is -2.15. The van der Waals surface area contributed by atoms with Gasteiger partial charge in [0.15, 0.2) is 0 Å². The molecule has 29 heavy (non-hydrogen) atoms. The fraction of sp³-hybridized carbons (Fsp3) is 0.348. The Morgan fingerprint density at radius 1 is 1.10 bits per heavy atom. The van der Waals surface area contributed by atoms with E-state index in [1.165, 1.54) is 0 Å². The number of hydrogen-bond donors (Lipinski definition) is 2. The van der Waals surface area contributed by atoms with Crippen LogP contribution in [0.2, 0.25) is 0 Å². The van der Waals surface area contributed by atoms with E-state index in [0.717, 1.165) is 45.4 Å². The Morgan fingerprint density at radius 2 is 1.83 bits per heavy atom. The molecule has 2 rings (SSSR count). The molecule has 2 N–H and O–H groups in total. The predicted octanol–water partition coefficient (Wildman–Crippen LogP) is 4.69. The first-order chi connectivity index (χ1) is 13.7. The molecule has 6 heteroatoms. The van der Waals surface area contributed by atoms with Crippen molar-refractivity contribution in [1.82, 2.24) is 15.3 Å². The molecule has 1 unspecified atom stereocenters. The van der Waals surface area contributed by atoms with Gasteiger partial charge in [-0.2, -0.15) is 0 Å². The second-order valence-corrected chi connectivity index (χ2v) is 8.01. The average molecular weight is 411 g/mol. The van der Waals surface area contributed by atoms with E-state index in [4.69, 9.17) is 4.98 Å². The molecular formula is C23H31N4OP. The molecule has 0 bridgehead atoms. The van der Waals surface area contributed by atoms with Crippen LogP contribution in [0.4, 0.5) is 11.6 Å². The van der Waals surface area contributed by atoms with Crippen LogP contribution in [0.3, 0.4) is 0 Å². The molecule has 1 amide bonds. The van der Waals surface area contributed by atoms with Crippen LogP contribution in [0.5, 0.6) is 0 Å². The molecule has 1 aromatic carbocycles. The molecule has 0 aliphatic carbocycles. The lowest BCUT2D eigenvalue weighted by Crippen LogP contribution is -2.25. The standard InChI is InChI=1S/C23H31N4OP/c1-7-11-24-22(28)17(6)16(5)21(14(2)3)19-10-12-25-23(26-19)27-20-13-18(29)9-8-15(20)4/h8-10,12-13H,7,11,29H2,1-6H3,(H,24,28)(H,25,26,27)/b17-16+. The Kier molecular flexibility index (Phi) is 8.10. The smallest absolute Gasteiger partial charge is 0.247 e. The maximum atomic E-state index is 12.4. The van der Waals surface area contributed by atoms with Gasteiger partial charge in [-0.15, -0.1) is 9.24 Å². The summed E-state index contributed by atoms with van der Waals surface area (Å²) in [6.07, 6.45) is 2.65. The summed E-state index contributed by atoms with van der Waals surface area (Å²) in [6, 6.07) is 8.03. The maximum absolute atomic E-state index is 12.4. The second-order valence-electron chi connectivity index (χ2n) is 7.35. The van der Waals surface area contributed by atoms with Crippen LogP contribution in [0, 0.1) is 6.92 Å². The van der Waals surface area contributed by atoms with Gasteiger partial charge in [-0.1, -0.05) is 24.6 Å². The summed E-state index contributed by atoms with van der Waals surface area (Å²) < 4.78 is 0. The molecule has 0 aliphatic heterocycles. The molecule has 0 saturated carbocycles. The number of rotatable bonds is 7. The predicted molar refractivity (Wildman–Crippen MR) is 126 cm³/mol. The molecule has 154 valence electrons. The van der Waals surface area contributed by atoms with Gasteiger partial charge in [0, 0.05) is 29.6 Å². The Bertz CT molecular complexity index is 959. The Hall–Kier alpha value is -2.52. The number of carbonyl (C=O) groups excluding carboxylic acids is 1. The topological polar surface area (TPSA) is 66.9 Å². The van der Waals surface area contributed by atoms with Gasteiger partial charge in [0.05, 0.1) is 5.69 Å². The zero-order valence-electron chi connectivity index (χ0n) is 18.2. The van der Waals surface area contributed by atoms with Crippen LogP contribution >= 0.6 is 9.24 Å². The highest BCUT2D eigenvalue weighted by molar-refractivity contribution is 7.27. The Morgan fingerprint density at radius 3 is 2.48 bits per heavy atom. The van der Waals surface area contributed by atoms with E-state index in [-0.39, 0.29) is 5.91 Å². The van der Waals surface area contributed by atoms with Crippen LogP contribution in [0.25, 0.3) is 5.57 Å². The third-order valence-corrected chi connectivity index (χ3v) is 5.09. The maximum Gasteiger partial charge on any atom is 0.247 e. The summed E-state index contributed by atoms with van der Waals surface area (Å²) in [5.74, 6) is 0.490. The molecule has 0 fully saturated rings. The van der Waals surface area contributed by atoms with Crippen LogP contribution in [0.1, 0.15) is 52.3 Å². The second kappa shape index (κ2) is 10.3. The molecule has 0 saturated heterocycles. The highest BCUT2D eigenvalue weighted by atomic mass is 31.0. The van der Waals surface area contributed by atoms with Crippen molar-refractivity contribution in [2.24, 2.45) is 0 Å². The first-order valence-corrected chi connectivity index (χ1v) is 10.4. The van der Waals surface area contributed by atoms with Gasteiger partial charge in [-0.25, -0.2) is 9.97 Å². The summed E-state index contributed by atoms with van der Waals surface area (Å²) in [6.45, 7) is 12.7. The van der Waals surface area contributed by atoms with Crippen molar-refractivity contribution in [3.8, 4) is 0 Å². The Labute approximate surface area is 176 Å². The summed E-state index contributed by atoms with van der Waals surface area (Å²) in [7, 11) is 2.70. The van der Waals surface area contributed by atoms with Crippen molar-refractivity contribution < 1.29 is 4.79 Å².